The first-order valence-corrected chi connectivity index (χ1v) is 11.7. The molecule has 1 fully saturated rings. The van der Waals surface area contributed by atoms with Gasteiger partial charge in [0.05, 0.1) is 6.04 Å². The number of aromatic nitrogens is 2. The van der Waals surface area contributed by atoms with Gasteiger partial charge in [-0.3, -0.25) is 9.59 Å². The van der Waals surface area contributed by atoms with Gasteiger partial charge in [0.2, 0.25) is 5.75 Å². The van der Waals surface area contributed by atoms with Crippen LogP contribution < -0.4 is 11.0 Å². The third-order valence-electron chi connectivity index (χ3n) is 7.63. The minimum atomic E-state index is -0.724. The van der Waals surface area contributed by atoms with E-state index in [1.54, 1.807) is 16.5 Å². The molecule has 0 spiro atoms. The predicted octanol–water partition coefficient (Wildman–Crippen LogP) is 2.48. The van der Waals surface area contributed by atoms with E-state index in [2.05, 4.69) is 40.8 Å². The molecule has 0 radical (unpaired) electrons. The largest absolute Gasteiger partial charge is 0.501 e. The predicted molar refractivity (Wildman–Crippen MR) is 125 cm³/mol. The molecule has 5 rings (SSSR count). The first-order valence-electron chi connectivity index (χ1n) is 11.7. The highest BCUT2D eigenvalue weighted by atomic mass is 16.3. The Morgan fingerprint density at radius 3 is 2.67 bits per heavy atom. The van der Waals surface area contributed by atoms with Crippen molar-refractivity contribution >= 4 is 5.91 Å². The van der Waals surface area contributed by atoms with Gasteiger partial charge in [0.1, 0.15) is 5.82 Å². The van der Waals surface area contributed by atoms with Crippen molar-refractivity contribution in [1.29, 1.82) is 0 Å². The third kappa shape index (κ3) is 3.62. The molecule has 174 valence electrons. The molecule has 0 bridgehead atoms. The average Bonchev–Trinajstić information content (AvgIpc) is 3.45. The number of likely N-dealkylation sites (N-methyl/N-ethyl adjacent to an activating group) is 1. The van der Waals surface area contributed by atoms with E-state index in [-0.39, 0.29) is 29.1 Å². The molecule has 2 N–H and O–H groups in total. The zero-order chi connectivity index (χ0) is 23.3. The molecule has 1 aromatic carbocycles. The zero-order valence-corrected chi connectivity index (χ0v) is 19.4. The highest BCUT2D eigenvalue weighted by Gasteiger charge is 2.40. The second-order valence-electron chi connectivity index (χ2n) is 9.75. The fourth-order valence-corrected chi connectivity index (χ4v) is 5.58. The van der Waals surface area contributed by atoms with Crippen LogP contribution in [0.1, 0.15) is 66.1 Å². The summed E-state index contributed by atoms with van der Waals surface area (Å²) in [6, 6.07) is 8.76. The van der Waals surface area contributed by atoms with Crippen LogP contribution in [0.3, 0.4) is 0 Å². The summed E-state index contributed by atoms with van der Waals surface area (Å²) in [6.07, 6.45) is 8.96. The molecule has 8 heteroatoms. The van der Waals surface area contributed by atoms with Crippen LogP contribution in [0, 0.1) is 0 Å². The molecule has 1 saturated carbocycles. The molecule has 3 aliphatic rings. The number of rotatable bonds is 4. The lowest BCUT2D eigenvalue weighted by molar-refractivity contribution is 0.0660. The van der Waals surface area contributed by atoms with Gasteiger partial charge in [0.25, 0.3) is 5.91 Å². The molecule has 2 aliphatic heterocycles. The van der Waals surface area contributed by atoms with Gasteiger partial charge in [-0.05, 0) is 37.0 Å². The third-order valence-corrected chi connectivity index (χ3v) is 7.63. The van der Waals surface area contributed by atoms with Crippen LogP contribution in [0.15, 0.2) is 41.3 Å². The average molecular weight is 450 g/mol. The van der Waals surface area contributed by atoms with Crippen molar-refractivity contribution in [2.24, 2.45) is 0 Å². The monoisotopic (exact) mass is 449 g/mol. The molecule has 3 heterocycles. The van der Waals surface area contributed by atoms with Crippen LogP contribution in [0.25, 0.3) is 0 Å². The number of nitrogens with zero attached hydrogens (tertiary/aromatic N) is 4. The molecule has 8 nitrogen and oxygen atoms in total. The normalized spacial score (nSPS) is 23.9. The summed E-state index contributed by atoms with van der Waals surface area (Å²) in [5, 5.41) is 12.4. The van der Waals surface area contributed by atoms with Gasteiger partial charge in [-0.15, -0.1) is 0 Å². The van der Waals surface area contributed by atoms with E-state index in [9.17, 15) is 14.7 Å². The van der Waals surface area contributed by atoms with Crippen molar-refractivity contribution in [1.82, 2.24) is 24.9 Å². The number of nitrogens with one attached hydrogen (secondary N) is 1. The lowest BCUT2D eigenvalue weighted by Crippen LogP contribution is -2.47. The Hall–Kier alpha value is -3.13. The second kappa shape index (κ2) is 8.02. The van der Waals surface area contributed by atoms with Crippen molar-refractivity contribution in [2.45, 2.75) is 63.1 Å². The molecule has 2 aromatic rings. The first kappa shape index (κ1) is 21.7. The lowest BCUT2D eigenvalue weighted by atomic mass is 9.75. The quantitative estimate of drug-likeness (QED) is 0.745. The number of aromatic hydroxyl groups is 1. The summed E-state index contributed by atoms with van der Waals surface area (Å²) < 4.78 is 1.78. The Balaban J connectivity index is 1.57. The topological polar surface area (TPSA) is 90.7 Å². The summed E-state index contributed by atoms with van der Waals surface area (Å²) in [5.74, 6) is -0.294. The molecular weight excluding hydrogens is 418 g/mol. The lowest BCUT2D eigenvalue weighted by Gasteiger charge is -2.36. The summed E-state index contributed by atoms with van der Waals surface area (Å²) in [7, 11) is 3.68. The summed E-state index contributed by atoms with van der Waals surface area (Å²) in [5.41, 5.74) is 5.04. The Morgan fingerprint density at radius 1 is 1.21 bits per heavy atom. The number of hydrazine groups is 1. The number of hydrogen-bond acceptors (Lipinski definition) is 6. The molecule has 1 amide bonds. The van der Waals surface area contributed by atoms with E-state index in [1.807, 2.05) is 25.2 Å². The van der Waals surface area contributed by atoms with Crippen LogP contribution in [0.5, 0.6) is 5.75 Å². The number of amides is 1. The van der Waals surface area contributed by atoms with Crippen molar-refractivity contribution in [3.63, 3.8) is 0 Å². The van der Waals surface area contributed by atoms with Gasteiger partial charge < -0.3 is 19.6 Å². The number of carbonyl (C=O) groups is 1. The van der Waals surface area contributed by atoms with E-state index in [4.69, 9.17) is 0 Å². The Kier molecular flexibility index (Phi) is 5.28. The van der Waals surface area contributed by atoms with Gasteiger partial charge >= 0.3 is 5.56 Å². The minimum Gasteiger partial charge on any atom is -0.501 e. The first-order chi connectivity index (χ1) is 15.8. The Bertz CT molecular complexity index is 1180. The smallest absolute Gasteiger partial charge is 0.315 e. The molecule has 1 aliphatic carbocycles. The van der Waals surface area contributed by atoms with Crippen molar-refractivity contribution in [3.8, 4) is 5.75 Å². The highest BCUT2D eigenvalue weighted by Crippen LogP contribution is 2.44. The zero-order valence-electron chi connectivity index (χ0n) is 19.4. The van der Waals surface area contributed by atoms with Gasteiger partial charge in [0, 0.05) is 44.7 Å². The highest BCUT2D eigenvalue weighted by molar-refractivity contribution is 5.95. The maximum atomic E-state index is 12.9. The number of carbonyl (C=O) groups excluding carboxylic acids is 1. The fourth-order valence-electron chi connectivity index (χ4n) is 5.58. The molecule has 2 atom stereocenters. The van der Waals surface area contributed by atoms with E-state index in [1.165, 1.54) is 11.1 Å². The van der Waals surface area contributed by atoms with Gasteiger partial charge in [-0.1, -0.05) is 37.1 Å². The second-order valence-corrected chi connectivity index (χ2v) is 9.75. The fraction of sp³-hybridized carbons (Fsp3) is 0.480. The van der Waals surface area contributed by atoms with E-state index in [0.717, 1.165) is 25.7 Å². The van der Waals surface area contributed by atoms with Gasteiger partial charge in [-0.25, -0.2) is 5.43 Å². The molecule has 33 heavy (non-hydrogen) atoms. The van der Waals surface area contributed by atoms with Crippen molar-refractivity contribution < 1.29 is 9.90 Å². The Morgan fingerprint density at radius 2 is 1.97 bits per heavy atom. The van der Waals surface area contributed by atoms with Crippen LogP contribution in [0.4, 0.5) is 0 Å². The molecular formula is C25H31N5O3. The number of fused-ring (bicyclic) bond motifs is 1. The minimum absolute atomic E-state index is 0.0486. The van der Waals surface area contributed by atoms with E-state index >= 15 is 0 Å². The van der Waals surface area contributed by atoms with E-state index < -0.39 is 11.3 Å². The SMILES string of the molecule is C[C@H]1Cn2c(CC3(c4cccc(C5C=CN(C)N5)c4)CCCC3)nc(=O)c(O)c2C(=O)N1C. The number of hydrogen-bond donors (Lipinski definition) is 2. The van der Waals surface area contributed by atoms with Crippen molar-refractivity contribution in [2.75, 3.05) is 14.1 Å². The van der Waals surface area contributed by atoms with E-state index in [0.29, 0.717) is 18.8 Å². The number of benzene rings is 1. The molecule has 1 aromatic heterocycles. The molecule has 0 saturated heterocycles. The maximum absolute atomic E-state index is 12.9. The standard InChI is InChI=1S/C25H31N5O3/c1-16-15-30-20(26-23(32)22(31)21(30)24(33)29(16)3)14-25(10-4-5-11-25)18-8-6-7-17(13-18)19-9-12-28(2)27-19/h6-9,12-13,16,19,27,31H,4-5,10-11,14-15H2,1-3H3/t16-,19?/m0/s1. The van der Waals surface area contributed by atoms with Crippen LogP contribution >= 0.6 is 0 Å². The summed E-state index contributed by atoms with van der Waals surface area (Å²) >= 11 is 0. The maximum Gasteiger partial charge on any atom is 0.315 e. The summed E-state index contributed by atoms with van der Waals surface area (Å²) in [6.45, 7) is 2.47. The summed E-state index contributed by atoms with van der Waals surface area (Å²) in [4.78, 5) is 31.3. The molecule has 1 unspecified atom stereocenters. The van der Waals surface area contributed by atoms with Crippen LogP contribution in [-0.4, -0.2) is 50.6 Å². The van der Waals surface area contributed by atoms with Crippen LogP contribution in [0.2, 0.25) is 0 Å². The van der Waals surface area contributed by atoms with Gasteiger partial charge in [-0.2, -0.15) is 4.98 Å². The Labute approximate surface area is 193 Å². The van der Waals surface area contributed by atoms with Crippen molar-refractivity contribution in [3.05, 3.63) is 69.5 Å². The van der Waals surface area contributed by atoms with Gasteiger partial charge in [0.15, 0.2) is 5.69 Å². The van der Waals surface area contributed by atoms with Crippen LogP contribution in [-0.2, 0) is 18.4 Å².